The zero-order valence-corrected chi connectivity index (χ0v) is 48.8. The molecule has 0 aromatic carbocycles. The van der Waals surface area contributed by atoms with E-state index in [9.17, 15) is 30.3 Å². The quantitative estimate of drug-likeness (QED) is 0.0261. The second kappa shape index (κ2) is 55.2. The molecule has 0 aromatic heterocycles. The van der Waals surface area contributed by atoms with E-state index in [4.69, 9.17) is 9.47 Å². The smallest absolute Gasteiger partial charge is 0.220 e. The van der Waals surface area contributed by atoms with E-state index >= 15 is 0 Å². The van der Waals surface area contributed by atoms with Gasteiger partial charge >= 0.3 is 0 Å². The Balaban J connectivity index is 2.16. The first-order chi connectivity index (χ1) is 36.8. The summed E-state index contributed by atoms with van der Waals surface area (Å²) in [5, 5.41) is 54.8. The molecule has 0 saturated carbocycles. The summed E-state index contributed by atoms with van der Waals surface area (Å²) >= 11 is 0. The second-order valence-corrected chi connectivity index (χ2v) is 22.2. The molecule has 1 aliphatic rings. The Morgan fingerprint density at radius 1 is 0.467 bits per heavy atom. The van der Waals surface area contributed by atoms with Crippen molar-refractivity contribution in [2.75, 3.05) is 13.2 Å². The largest absolute Gasteiger partial charge is 0.394 e. The summed E-state index contributed by atoms with van der Waals surface area (Å²) in [6, 6.07) is -0.723. The monoisotopic (exact) mass is 1060 g/mol. The van der Waals surface area contributed by atoms with Crippen molar-refractivity contribution in [1.82, 2.24) is 5.32 Å². The van der Waals surface area contributed by atoms with E-state index in [0.717, 1.165) is 70.6 Å². The second-order valence-electron chi connectivity index (χ2n) is 22.2. The van der Waals surface area contributed by atoms with E-state index in [1.54, 1.807) is 0 Å². The molecule has 9 heteroatoms. The van der Waals surface area contributed by atoms with Crippen molar-refractivity contribution < 1.29 is 39.8 Å². The third kappa shape index (κ3) is 44.4. The predicted octanol–water partition coefficient (Wildman–Crippen LogP) is 16.6. The standard InChI is InChI=1S/C66H121NO8/c1-3-5-7-9-11-13-15-17-19-21-23-25-27-28-29-30-31-32-34-36-38-40-42-44-46-48-50-52-54-56-62(70)67-59(58-74-66-65(73)64(72)63(71)61(57-68)75-66)60(69)55-53-51-49-47-45-43-41-39-37-35-33-26-24-22-20-18-16-14-12-10-8-6-4-2/h5,7,11,13,17,19,23,25,28-29,59-61,63-66,68-69,71-73H,3-4,6,8-10,12,14-16,18,20-22,24,26-27,30-58H2,1-2H3,(H,67,70)/b7-5-,13-11-,19-17-,25-23-,29-28-. The van der Waals surface area contributed by atoms with Gasteiger partial charge in [0.1, 0.15) is 24.4 Å². The highest BCUT2D eigenvalue weighted by atomic mass is 16.7. The van der Waals surface area contributed by atoms with E-state index < -0.39 is 49.5 Å². The molecular formula is C66H121NO8. The van der Waals surface area contributed by atoms with Crippen LogP contribution in [-0.2, 0) is 14.3 Å². The summed E-state index contributed by atoms with van der Waals surface area (Å²) < 4.78 is 11.4. The normalized spacial score (nSPS) is 19.3. The highest BCUT2D eigenvalue weighted by Crippen LogP contribution is 2.23. The van der Waals surface area contributed by atoms with Crippen LogP contribution >= 0.6 is 0 Å². The minimum Gasteiger partial charge on any atom is -0.394 e. The van der Waals surface area contributed by atoms with E-state index in [2.05, 4.69) is 79.9 Å². The molecular weight excluding hydrogens is 935 g/mol. The zero-order chi connectivity index (χ0) is 54.3. The van der Waals surface area contributed by atoms with Gasteiger partial charge in [-0.25, -0.2) is 0 Å². The van der Waals surface area contributed by atoms with Crippen molar-refractivity contribution in [3.8, 4) is 0 Å². The molecule has 75 heavy (non-hydrogen) atoms. The van der Waals surface area contributed by atoms with Crippen molar-refractivity contribution in [2.45, 2.75) is 339 Å². The number of carbonyl (C=O) groups is 1. The Kier molecular flexibility index (Phi) is 52.2. The number of ether oxygens (including phenoxy) is 2. The van der Waals surface area contributed by atoms with Gasteiger partial charge in [0.2, 0.25) is 5.91 Å². The predicted molar refractivity (Wildman–Crippen MR) is 318 cm³/mol. The van der Waals surface area contributed by atoms with Crippen LogP contribution in [0.5, 0.6) is 0 Å². The number of aliphatic hydroxyl groups is 5. The van der Waals surface area contributed by atoms with Gasteiger partial charge in [0.05, 0.1) is 25.4 Å². The average Bonchev–Trinajstić information content (AvgIpc) is 3.41. The Morgan fingerprint density at radius 2 is 0.827 bits per heavy atom. The van der Waals surface area contributed by atoms with E-state index in [1.807, 2.05) is 0 Å². The van der Waals surface area contributed by atoms with Gasteiger partial charge < -0.3 is 40.3 Å². The molecule has 0 bridgehead atoms. The first-order valence-corrected chi connectivity index (χ1v) is 32.0. The van der Waals surface area contributed by atoms with Crippen LogP contribution in [0.3, 0.4) is 0 Å². The summed E-state index contributed by atoms with van der Waals surface area (Å²) in [5.74, 6) is -0.144. The lowest BCUT2D eigenvalue weighted by molar-refractivity contribution is -0.302. The molecule has 438 valence electrons. The molecule has 7 unspecified atom stereocenters. The number of rotatable bonds is 55. The third-order valence-electron chi connectivity index (χ3n) is 15.1. The minimum atomic E-state index is -1.56. The van der Waals surface area contributed by atoms with Crippen molar-refractivity contribution in [2.24, 2.45) is 0 Å². The summed E-state index contributed by atoms with van der Waals surface area (Å²) in [7, 11) is 0. The molecule has 9 nitrogen and oxygen atoms in total. The number of allylic oxidation sites excluding steroid dienone is 10. The van der Waals surface area contributed by atoms with Crippen molar-refractivity contribution in [3.05, 3.63) is 60.8 Å². The van der Waals surface area contributed by atoms with Gasteiger partial charge in [0.25, 0.3) is 0 Å². The summed E-state index contributed by atoms with van der Waals surface area (Å²) in [4.78, 5) is 13.1. The highest BCUT2D eigenvalue weighted by molar-refractivity contribution is 5.76. The Labute approximate surface area is 462 Å². The maximum absolute atomic E-state index is 13.1. The fraction of sp³-hybridized carbons (Fsp3) is 0.833. The zero-order valence-electron chi connectivity index (χ0n) is 48.8. The van der Waals surface area contributed by atoms with Crippen LogP contribution in [0.25, 0.3) is 0 Å². The van der Waals surface area contributed by atoms with Gasteiger partial charge in [0, 0.05) is 6.42 Å². The van der Waals surface area contributed by atoms with Crippen LogP contribution in [0.2, 0.25) is 0 Å². The molecule has 0 aromatic rings. The maximum atomic E-state index is 13.1. The Morgan fingerprint density at radius 3 is 1.23 bits per heavy atom. The summed E-state index contributed by atoms with van der Waals surface area (Å²) in [5.41, 5.74) is 0. The lowest BCUT2D eigenvalue weighted by Gasteiger charge is -2.40. The van der Waals surface area contributed by atoms with Gasteiger partial charge in [-0.1, -0.05) is 293 Å². The molecule has 1 rings (SSSR count). The van der Waals surface area contributed by atoms with Crippen LogP contribution < -0.4 is 5.32 Å². The van der Waals surface area contributed by atoms with Crippen LogP contribution in [0, 0.1) is 0 Å². The number of aliphatic hydroxyl groups excluding tert-OH is 5. The van der Waals surface area contributed by atoms with Crippen LogP contribution in [-0.4, -0.2) is 87.5 Å². The average molecular weight is 1060 g/mol. The molecule has 0 aliphatic carbocycles. The van der Waals surface area contributed by atoms with Gasteiger partial charge in [-0.15, -0.1) is 0 Å². The SMILES string of the molecule is CC/C=C\C/C=C\C/C=C\C/C=C\C/C=C\CCCCCCCCCCCCCCCC(=O)NC(COC1OC(CO)C(O)C(O)C1O)C(O)CCCCCCCCCCCCCCCCCCCCCCCCC. The molecule has 1 saturated heterocycles. The summed E-state index contributed by atoms with van der Waals surface area (Å²) in [6.45, 7) is 3.76. The molecule has 1 fully saturated rings. The Bertz CT molecular complexity index is 1360. The van der Waals surface area contributed by atoms with Crippen molar-refractivity contribution >= 4 is 5.91 Å². The van der Waals surface area contributed by atoms with Crippen molar-refractivity contribution in [3.63, 3.8) is 0 Å². The number of carbonyl (C=O) groups excluding carboxylic acids is 1. The molecule has 7 atom stereocenters. The molecule has 0 spiro atoms. The van der Waals surface area contributed by atoms with Gasteiger partial charge in [-0.3, -0.25) is 4.79 Å². The number of nitrogens with one attached hydrogen (secondary N) is 1. The molecule has 0 radical (unpaired) electrons. The first-order valence-electron chi connectivity index (χ1n) is 32.0. The fourth-order valence-electron chi connectivity index (χ4n) is 10.1. The first kappa shape index (κ1) is 70.9. The van der Waals surface area contributed by atoms with Gasteiger partial charge in [-0.2, -0.15) is 0 Å². The lowest BCUT2D eigenvalue weighted by Crippen LogP contribution is -2.60. The van der Waals surface area contributed by atoms with Gasteiger partial charge in [0.15, 0.2) is 6.29 Å². The number of hydrogen-bond donors (Lipinski definition) is 6. The van der Waals surface area contributed by atoms with E-state index in [0.29, 0.717) is 12.8 Å². The van der Waals surface area contributed by atoms with Crippen molar-refractivity contribution in [1.29, 1.82) is 0 Å². The summed E-state index contributed by atoms with van der Waals surface area (Å²) in [6.07, 6.45) is 68.3. The number of unbranched alkanes of at least 4 members (excludes halogenated alkanes) is 35. The van der Waals surface area contributed by atoms with E-state index in [1.165, 1.54) is 199 Å². The number of hydrogen-bond acceptors (Lipinski definition) is 8. The molecule has 6 N–H and O–H groups in total. The van der Waals surface area contributed by atoms with Gasteiger partial charge in [-0.05, 0) is 57.8 Å². The topological polar surface area (TPSA) is 149 Å². The minimum absolute atomic E-state index is 0.138. The van der Waals surface area contributed by atoms with Crippen LogP contribution in [0.1, 0.15) is 296 Å². The molecule has 1 heterocycles. The van der Waals surface area contributed by atoms with E-state index in [-0.39, 0.29) is 12.5 Å². The Hall–Kier alpha value is -2.11. The third-order valence-corrected chi connectivity index (χ3v) is 15.1. The maximum Gasteiger partial charge on any atom is 0.220 e. The molecule has 1 aliphatic heterocycles. The number of amides is 1. The molecule has 1 amide bonds. The lowest BCUT2D eigenvalue weighted by atomic mass is 9.99. The van der Waals surface area contributed by atoms with Crippen LogP contribution in [0.4, 0.5) is 0 Å². The fourth-order valence-corrected chi connectivity index (χ4v) is 10.1. The highest BCUT2D eigenvalue weighted by Gasteiger charge is 2.44. The van der Waals surface area contributed by atoms with Crippen LogP contribution in [0.15, 0.2) is 60.8 Å².